The van der Waals surface area contributed by atoms with Gasteiger partial charge in [0, 0.05) is 31.5 Å². The first-order valence-corrected chi connectivity index (χ1v) is 7.23. The molecule has 0 amide bonds. The summed E-state index contributed by atoms with van der Waals surface area (Å²) in [7, 11) is 3.44. The van der Waals surface area contributed by atoms with Crippen LogP contribution in [0.25, 0.3) is 0 Å². The van der Waals surface area contributed by atoms with Crippen LogP contribution >= 0.6 is 35.3 Å². The van der Waals surface area contributed by atoms with Crippen molar-refractivity contribution in [1.29, 1.82) is 0 Å². The number of ether oxygens (including phenoxy) is 1. The highest BCUT2D eigenvalue weighted by atomic mass is 127. The SMILES string of the molecule is CN=C(NCCOC)NCc1csc(C(C)(C)C)n1.I. The fraction of sp³-hybridized carbons (Fsp3) is 0.692. The Morgan fingerprint density at radius 3 is 2.60 bits per heavy atom. The molecule has 20 heavy (non-hydrogen) atoms. The topological polar surface area (TPSA) is 58.5 Å². The second-order valence-electron chi connectivity index (χ2n) is 5.24. The van der Waals surface area contributed by atoms with Crippen molar-refractivity contribution in [1.82, 2.24) is 15.6 Å². The fourth-order valence-corrected chi connectivity index (χ4v) is 2.31. The molecule has 2 N–H and O–H groups in total. The lowest BCUT2D eigenvalue weighted by Crippen LogP contribution is -2.38. The molecule has 0 saturated heterocycles. The van der Waals surface area contributed by atoms with Gasteiger partial charge in [-0.3, -0.25) is 4.99 Å². The first kappa shape index (κ1) is 19.6. The second kappa shape index (κ2) is 9.51. The number of aromatic nitrogens is 1. The van der Waals surface area contributed by atoms with Gasteiger partial charge in [-0.25, -0.2) is 4.98 Å². The van der Waals surface area contributed by atoms with E-state index in [9.17, 15) is 0 Å². The Morgan fingerprint density at radius 1 is 1.40 bits per heavy atom. The summed E-state index contributed by atoms with van der Waals surface area (Å²) in [5, 5.41) is 9.66. The average Bonchev–Trinajstić information content (AvgIpc) is 2.82. The fourth-order valence-electron chi connectivity index (χ4n) is 1.40. The van der Waals surface area contributed by atoms with Crippen LogP contribution in [0.5, 0.6) is 0 Å². The van der Waals surface area contributed by atoms with Crippen molar-refractivity contribution in [3.63, 3.8) is 0 Å². The molecule has 1 rings (SSSR count). The molecule has 0 radical (unpaired) electrons. The molecule has 0 saturated carbocycles. The minimum atomic E-state index is 0. The lowest BCUT2D eigenvalue weighted by molar-refractivity contribution is 0.203. The molecule has 0 aliphatic heterocycles. The normalized spacial score (nSPS) is 11.9. The summed E-state index contributed by atoms with van der Waals surface area (Å²) in [4.78, 5) is 8.78. The second-order valence-corrected chi connectivity index (χ2v) is 6.10. The molecule has 0 aliphatic rings. The van der Waals surface area contributed by atoms with E-state index in [2.05, 4.69) is 46.8 Å². The molecule has 0 atom stereocenters. The summed E-state index contributed by atoms with van der Waals surface area (Å²) >= 11 is 1.71. The first-order chi connectivity index (χ1) is 8.97. The Kier molecular flexibility index (Phi) is 9.32. The van der Waals surface area contributed by atoms with Crippen LogP contribution < -0.4 is 10.6 Å². The maximum absolute atomic E-state index is 4.98. The molecule has 7 heteroatoms. The van der Waals surface area contributed by atoms with Gasteiger partial charge in [0.25, 0.3) is 0 Å². The number of guanidine groups is 1. The third-order valence-corrected chi connectivity index (χ3v) is 3.77. The van der Waals surface area contributed by atoms with Crippen molar-refractivity contribution < 1.29 is 4.74 Å². The lowest BCUT2D eigenvalue weighted by Gasteiger charge is -2.14. The predicted molar refractivity (Wildman–Crippen MR) is 96.3 cm³/mol. The molecule has 0 fully saturated rings. The minimum Gasteiger partial charge on any atom is -0.383 e. The van der Waals surface area contributed by atoms with Crippen LogP contribution in [0.1, 0.15) is 31.5 Å². The molecule has 116 valence electrons. The summed E-state index contributed by atoms with van der Waals surface area (Å²) < 4.78 is 4.98. The first-order valence-electron chi connectivity index (χ1n) is 6.35. The van der Waals surface area contributed by atoms with Crippen LogP contribution in [0.4, 0.5) is 0 Å². The number of aliphatic imine (C=N–C) groups is 1. The molecule has 1 aromatic heterocycles. The largest absolute Gasteiger partial charge is 0.383 e. The highest BCUT2D eigenvalue weighted by Crippen LogP contribution is 2.25. The number of halogens is 1. The number of nitrogens with zero attached hydrogens (tertiary/aromatic N) is 2. The number of hydrogen-bond acceptors (Lipinski definition) is 4. The highest BCUT2D eigenvalue weighted by Gasteiger charge is 2.17. The molecule has 5 nitrogen and oxygen atoms in total. The monoisotopic (exact) mass is 412 g/mol. The van der Waals surface area contributed by atoms with Gasteiger partial charge in [-0.2, -0.15) is 0 Å². The van der Waals surface area contributed by atoms with E-state index in [-0.39, 0.29) is 29.4 Å². The van der Waals surface area contributed by atoms with Crippen molar-refractivity contribution in [2.24, 2.45) is 4.99 Å². The maximum atomic E-state index is 4.98. The summed E-state index contributed by atoms with van der Waals surface area (Å²) in [5.74, 6) is 0.766. The van der Waals surface area contributed by atoms with Crippen LogP contribution in [0.15, 0.2) is 10.4 Å². The Hall–Kier alpha value is -0.410. The van der Waals surface area contributed by atoms with Gasteiger partial charge in [-0.1, -0.05) is 20.8 Å². The molecule has 0 bridgehead atoms. The van der Waals surface area contributed by atoms with Crippen LogP contribution in [-0.2, 0) is 16.7 Å². The van der Waals surface area contributed by atoms with Gasteiger partial charge in [-0.15, -0.1) is 35.3 Å². The van der Waals surface area contributed by atoms with Crippen LogP contribution in [0.2, 0.25) is 0 Å². The van der Waals surface area contributed by atoms with Crippen molar-refractivity contribution in [2.45, 2.75) is 32.7 Å². The summed E-state index contributed by atoms with van der Waals surface area (Å²) in [5.41, 5.74) is 1.16. The number of nitrogens with one attached hydrogen (secondary N) is 2. The third-order valence-electron chi connectivity index (χ3n) is 2.45. The van der Waals surface area contributed by atoms with Gasteiger partial charge in [0.1, 0.15) is 0 Å². The number of thiazole rings is 1. The lowest BCUT2D eigenvalue weighted by atomic mass is 9.98. The zero-order valence-corrected chi connectivity index (χ0v) is 16.0. The quantitative estimate of drug-likeness (QED) is 0.338. The Bertz CT molecular complexity index is 415. The average molecular weight is 412 g/mol. The summed E-state index contributed by atoms with van der Waals surface area (Å²) in [6.07, 6.45) is 0. The molecule has 0 spiro atoms. The molecule has 0 aliphatic carbocycles. The van der Waals surface area contributed by atoms with Crippen LogP contribution in [-0.4, -0.2) is 38.3 Å². The van der Waals surface area contributed by atoms with Gasteiger partial charge in [0.2, 0.25) is 0 Å². The Balaban J connectivity index is 0.00000361. The highest BCUT2D eigenvalue weighted by molar-refractivity contribution is 14.0. The van der Waals surface area contributed by atoms with Crippen molar-refractivity contribution in [3.8, 4) is 0 Å². The smallest absolute Gasteiger partial charge is 0.191 e. The van der Waals surface area contributed by atoms with Gasteiger partial charge in [0.15, 0.2) is 5.96 Å². The zero-order valence-electron chi connectivity index (χ0n) is 12.8. The van der Waals surface area contributed by atoms with E-state index >= 15 is 0 Å². The maximum Gasteiger partial charge on any atom is 0.191 e. The molecular formula is C13H25IN4OS. The van der Waals surface area contributed by atoms with Gasteiger partial charge in [0.05, 0.1) is 23.9 Å². The van der Waals surface area contributed by atoms with Crippen molar-refractivity contribution in [3.05, 3.63) is 16.1 Å². The van der Waals surface area contributed by atoms with Crippen LogP contribution in [0, 0.1) is 0 Å². The molecule has 0 unspecified atom stereocenters. The van der Waals surface area contributed by atoms with Gasteiger partial charge < -0.3 is 15.4 Å². The summed E-state index contributed by atoms with van der Waals surface area (Å²) in [6.45, 7) is 8.60. The molecular weight excluding hydrogens is 387 g/mol. The van der Waals surface area contributed by atoms with E-state index in [1.807, 2.05) is 0 Å². The van der Waals surface area contributed by atoms with Crippen molar-refractivity contribution in [2.75, 3.05) is 27.3 Å². The Labute approximate surface area is 142 Å². The van der Waals surface area contributed by atoms with E-state index in [0.717, 1.165) is 23.2 Å². The minimum absolute atomic E-state index is 0. The third kappa shape index (κ3) is 6.85. The standard InChI is InChI=1S/C13H24N4OS.HI/c1-13(2,3)11-17-10(9-19-11)8-16-12(14-4)15-6-7-18-5;/h9H,6-8H2,1-5H3,(H2,14,15,16);1H. The van der Waals surface area contributed by atoms with Crippen LogP contribution in [0.3, 0.4) is 0 Å². The van der Waals surface area contributed by atoms with E-state index in [1.54, 1.807) is 25.5 Å². The van der Waals surface area contributed by atoms with E-state index < -0.39 is 0 Å². The number of hydrogen-bond donors (Lipinski definition) is 2. The Morgan fingerprint density at radius 2 is 2.10 bits per heavy atom. The zero-order chi connectivity index (χ0) is 14.3. The molecule has 1 aromatic rings. The van der Waals surface area contributed by atoms with Crippen molar-refractivity contribution >= 4 is 41.3 Å². The number of methoxy groups -OCH3 is 1. The molecule has 1 heterocycles. The van der Waals surface area contributed by atoms with Gasteiger partial charge in [-0.05, 0) is 0 Å². The summed E-state index contributed by atoms with van der Waals surface area (Å²) in [6, 6.07) is 0. The molecule has 0 aromatic carbocycles. The number of rotatable bonds is 5. The van der Waals surface area contributed by atoms with E-state index in [4.69, 9.17) is 4.74 Å². The van der Waals surface area contributed by atoms with E-state index in [0.29, 0.717) is 13.2 Å². The van der Waals surface area contributed by atoms with Gasteiger partial charge >= 0.3 is 0 Å². The predicted octanol–water partition coefficient (Wildman–Crippen LogP) is 2.37. The van der Waals surface area contributed by atoms with E-state index in [1.165, 1.54) is 0 Å².